The van der Waals surface area contributed by atoms with Gasteiger partial charge in [-0.25, -0.2) is 0 Å². The van der Waals surface area contributed by atoms with Gasteiger partial charge < -0.3 is 9.88 Å². The number of aromatic nitrogens is 1. The molecule has 1 N–H and O–H groups in total. The molecule has 24 heavy (non-hydrogen) atoms. The molecule has 1 aromatic heterocycles. The second kappa shape index (κ2) is 7.64. The minimum absolute atomic E-state index is 0.00647. The number of rotatable bonds is 6. The number of hydrogen-bond acceptors (Lipinski definition) is 1. The summed E-state index contributed by atoms with van der Waals surface area (Å²) in [6, 6.07) is 22.4. The Balaban J connectivity index is 1.54. The van der Waals surface area contributed by atoms with Crippen molar-refractivity contribution in [2.45, 2.75) is 25.8 Å². The number of carbonyl (C=O) groups excluding carboxylic acids is 1. The fourth-order valence-electron chi connectivity index (χ4n) is 2.74. The van der Waals surface area contributed by atoms with Gasteiger partial charge in [0, 0.05) is 24.5 Å². The minimum Gasteiger partial charge on any atom is -0.350 e. The number of nitrogens with zero attached hydrogens (tertiary/aromatic N) is 1. The largest absolute Gasteiger partial charge is 0.350 e. The molecule has 3 aromatic rings. The molecule has 1 amide bonds. The highest BCUT2D eigenvalue weighted by Crippen LogP contribution is 2.16. The molecule has 1 heterocycles. The van der Waals surface area contributed by atoms with Crippen LogP contribution in [0.4, 0.5) is 0 Å². The van der Waals surface area contributed by atoms with Gasteiger partial charge in [-0.2, -0.15) is 0 Å². The van der Waals surface area contributed by atoms with Gasteiger partial charge in [-0.05, 0) is 48.7 Å². The number of benzene rings is 2. The summed E-state index contributed by atoms with van der Waals surface area (Å²) in [6.45, 7) is 2.02. The van der Waals surface area contributed by atoms with Crippen LogP contribution >= 0.6 is 0 Å². The van der Waals surface area contributed by atoms with E-state index in [1.165, 1.54) is 5.56 Å². The first-order valence-corrected chi connectivity index (χ1v) is 8.29. The van der Waals surface area contributed by atoms with Crippen molar-refractivity contribution >= 4 is 5.91 Å². The lowest BCUT2D eigenvalue weighted by Gasteiger charge is -2.15. The molecule has 3 nitrogen and oxygen atoms in total. The predicted molar refractivity (Wildman–Crippen MR) is 97.1 cm³/mol. The maximum Gasteiger partial charge on any atom is 0.220 e. The van der Waals surface area contributed by atoms with Crippen molar-refractivity contribution in [2.75, 3.05) is 0 Å². The smallest absolute Gasteiger partial charge is 0.220 e. The molecule has 3 heteroatoms. The van der Waals surface area contributed by atoms with Gasteiger partial charge in [-0.15, -0.1) is 0 Å². The first-order valence-electron chi connectivity index (χ1n) is 8.29. The summed E-state index contributed by atoms with van der Waals surface area (Å²) in [6.07, 6.45) is 5.31. The van der Waals surface area contributed by atoms with E-state index in [1.807, 2.05) is 49.6 Å². The molecule has 0 spiro atoms. The fourth-order valence-corrected chi connectivity index (χ4v) is 2.74. The molecule has 2 aromatic carbocycles. The lowest BCUT2D eigenvalue weighted by Crippen LogP contribution is -2.26. The van der Waals surface area contributed by atoms with E-state index in [4.69, 9.17) is 0 Å². The van der Waals surface area contributed by atoms with Crippen LogP contribution < -0.4 is 5.32 Å². The Morgan fingerprint density at radius 1 is 0.958 bits per heavy atom. The molecule has 0 saturated carbocycles. The normalized spacial score (nSPS) is 11.9. The summed E-state index contributed by atoms with van der Waals surface area (Å²) >= 11 is 0. The van der Waals surface area contributed by atoms with Gasteiger partial charge in [0.25, 0.3) is 0 Å². The summed E-state index contributed by atoms with van der Waals surface area (Å²) in [5.41, 5.74) is 3.42. The standard InChI is InChI=1S/C21H22N2O/c1-17(22-21(24)14-9-18-7-3-2-4-8-18)19-10-12-20(13-11-19)23-15-5-6-16-23/h2-8,10-13,15-17H,9,14H2,1H3,(H,22,24). The van der Waals surface area contributed by atoms with Crippen molar-refractivity contribution in [1.82, 2.24) is 9.88 Å². The topological polar surface area (TPSA) is 34.0 Å². The van der Waals surface area contributed by atoms with Crippen LogP contribution in [0, 0.1) is 0 Å². The van der Waals surface area contributed by atoms with Gasteiger partial charge >= 0.3 is 0 Å². The van der Waals surface area contributed by atoms with Crippen molar-refractivity contribution in [3.8, 4) is 5.69 Å². The SMILES string of the molecule is CC(NC(=O)CCc1ccccc1)c1ccc(-n2cccc2)cc1. The van der Waals surface area contributed by atoms with Gasteiger partial charge in [0.05, 0.1) is 6.04 Å². The maximum absolute atomic E-state index is 12.1. The lowest BCUT2D eigenvalue weighted by atomic mass is 10.1. The molecule has 0 aliphatic carbocycles. The monoisotopic (exact) mass is 318 g/mol. The van der Waals surface area contributed by atoms with E-state index in [1.54, 1.807) is 0 Å². The molecule has 3 rings (SSSR count). The number of amides is 1. The highest BCUT2D eigenvalue weighted by molar-refractivity contribution is 5.76. The molecule has 0 saturated heterocycles. The van der Waals surface area contributed by atoms with Crippen LogP contribution in [0.3, 0.4) is 0 Å². The number of carbonyl (C=O) groups is 1. The Morgan fingerprint density at radius 3 is 2.29 bits per heavy atom. The Morgan fingerprint density at radius 2 is 1.62 bits per heavy atom. The molecule has 1 unspecified atom stereocenters. The van der Waals surface area contributed by atoms with Crippen molar-refractivity contribution in [3.05, 3.63) is 90.3 Å². The molecular formula is C21H22N2O. The molecule has 1 atom stereocenters. The second-order valence-corrected chi connectivity index (χ2v) is 5.96. The van der Waals surface area contributed by atoms with Gasteiger partial charge in [-0.1, -0.05) is 42.5 Å². The van der Waals surface area contributed by atoms with Crippen LogP contribution in [0.25, 0.3) is 5.69 Å². The Kier molecular flexibility index (Phi) is 5.12. The third-order valence-corrected chi connectivity index (χ3v) is 4.16. The van der Waals surface area contributed by atoms with Crippen molar-refractivity contribution in [3.63, 3.8) is 0 Å². The van der Waals surface area contributed by atoms with Crippen molar-refractivity contribution < 1.29 is 4.79 Å². The Bertz CT molecular complexity index is 761. The molecule has 0 fully saturated rings. The van der Waals surface area contributed by atoms with Crippen LogP contribution in [-0.2, 0) is 11.2 Å². The lowest BCUT2D eigenvalue weighted by molar-refractivity contribution is -0.121. The minimum atomic E-state index is 0.00647. The maximum atomic E-state index is 12.1. The van der Waals surface area contributed by atoms with Crippen LogP contribution in [0.2, 0.25) is 0 Å². The summed E-state index contributed by atoms with van der Waals surface area (Å²) in [5.74, 6) is 0.0841. The van der Waals surface area contributed by atoms with Crippen LogP contribution in [0.15, 0.2) is 79.1 Å². The molecular weight excluding hydrogens is 296 g/mol. The highest BCUT2D eigenvalue weighted by Gasteiger charge is 2.09. The van der Waals surface area contributed by atoms with Crippen molar-refractivity contribution in [1.29, 1.82) is 0 Å². The van der Waals surface area contributed by atoms with Crippen LogP contribution in [-0.4, -0.2) is 10.5 Å². The van der Waals surface area contributed by atoms with E-state index in [0.29, 0.717) is 6.42 Å². The highest BCUT2D eigenvalue weighted by atomic mass is 16.1. The van der Waals surface area contributed by atoms with E-state index in [2.05, 4.69) is 46.3 Å². The quantitative estimate of drug-likeness (QED) is 0.723. The number of nitrogens with one attached hydrogen (secondary N) is 1. The van der Waals surface area contributed by atoms with E-state index < -0.39 is 0 Å². The van der Waals surface area contributed by atoms with Crippen LogP contribution in [0.5, 0.6) is 0 Å². The van der Waals surface area contributed by atoms with E-state index in [9.17, 15) is 4.79 Å². The average molecular weight is 318 g/mol. The Hall–Kier alpha value is -2.81. The van der Waals surface area contributed by atoms with E-state index in [0.717, 1.165) is 17.7 Å². The van der Waals surface area contributed by atoms with E-state index in [-0.39, 0.29) is 11.9 Å². The summed E-state index contributed by atoms with van der Waals surface area (Å²) < 4.78 is 2.06. The third kappa shape index (κ3) is 4.13. The molecule has 0 aliphatic rings. The van der Waals surface area contributed by atoms with Crippen LogP contribution in [0.1, 0.15) is 30.5 Å². The zero-order valence-electron chi connectivity index (χ0n) is 13.9. The summed E-state index contributed by atoms with van der Waals surface area (Å²) in [7, 11) is 0. The predicted octanol–water partition coefficient (Wildman–Crippen LogP) is 4.29. The van der Waals surface area contributed by atoms with Gasteiger partial charge in [0.15, 0.2) is 0 Å². The molecule has 0 radical (unpaired) electrons. The number of hydrogen-bond donors (Lipinski definition) is 1. The van der Waals surface area contributed by atoms with Crippen molar-refractivity contribution in [2.24, 2.45) is 0 Å². The molecule has 122 valence electrons. The summed E-state index contributed by atoms with van der Waals surface area (Å²) in [4.78, 5) is 12.1. The summed E-state index contributed by atoms with van der Waals surface area (Å²) in [5, 5.41) is 3.07. The van der Waals surface area contributed by atoms with Gasteiger partial charge in [-0.3, -0.25) is 4.79 Å². The van der Waals surface area contributed by atoms with Gasteiger partial charge in [0.2, 0.25) is 5.91 Å². The first kappa shape index (κ1) is 16.1. The second-order valence-electron chi connectivity index (χ2n) is 5.96. The third-order valence-electron chi connectivity index (χ3n) is 4.16. The fraction of sp³-hybridized carbons (Fsp3) is 0.190. The van der Waals surface area contributed by atoms with E-state index >= 15 is 0 Å². The molecule has 0 bridgehead atoms. The molecule has 0 aliphatic heterocycles. The zero-order chi connectivity index (χ0) is 16.8. The first-order chi connectivity index (χ1) is 11.7. The number of aryl methyl sites for hydroxylation is 1. The van der Waals surface area contributed by atoms with Gasteiger partial charge in [0.1, 0.15) is 0 Å². The Labute approximate surface area is 143 Å². The average Bonchev–Trinajstić information content (AvgIpc) is 3.16. The zero-order valence-corrected chi connectivity index (χ0v) is 13.9.